The lowest BCUT2D eigenvalue weighted by Crippen LogP contribution is -2.50. The van der Waals surface area contributed by atoms with Gasteiger partial charge in [-0.15, -0.1) is 0 Å². The molecule has 6 aromatic carbocycles. The summed E-state index contributed by atoms with van der Waals surface area (Å²) >= 11 is 0. The summed E-state index contributed by atoms with van der Waals surface area (Å²) in [4.78, 5) is 69.8. The molecule has 336 valence electrons. The van der Waals surface area contributed by atoms with E-state index in [-0.39, 0.29) is 82.4 Å². The highest BCUT2D eigenvalue weighted by molar-refractivity contribution is 5.99. The molecule has 2 unspecified atom stereocenters. The van der Waals surface area contributed by atoms with Crippen LogP contribution in [-0.2, 0) is 19.0 Å². The number of amides is 2. The molecule has 0 radical (unpaired) electrons. The molecule has 0 N–H and O–H groups in total. The van der Waals surface area contributed by atoms with Crippen LogP contribution in [0.1, 0.15) is 47.9 Å². The van der Waals surface area contributed by atoms with Crippen molar-refractivity contribution in [2.45, 2.75) is 12.5 Å². The van der Waals surface area contributed by atoms with Crippen LogP contribution < -0.4 is 9.47 Å². The van der Waals surface area contributed by atoms with Gasteiger partial charge in [-0.3, -0.25) is 14.4 Å². The van der Waals surface area contributed by atoms with Crippen molar-refractivity contribution in [3.63, 3.8) is 0 Å². The summed E-state index contributed by atoms with van der Waals surface area (Å²) in [6.45, 7) is 11.8. The molecule has 0 spiro atoms. The molecular formula is C54H50N2O10. The van der Waals surface area contributed by atoms with E-state index in [1.54, 1.807) is 82.6 Å². The number of hydrogen-bond donors (Lipinski definition) is 0. The van der Waals surface area contributed by atoms with Crippen LogP contribution in [0.5, 0.6) is 11.5 Å². The Labute approximate surface area is 383 Å². The van der Waals surface area contributed by atoms with Crippen LogP contribution in [-0.4, -0.2) is 98.0 Å². The van der Waals surface area contributed by atoms with Gasteiger partial charge in [0.05, 0.1) is 35.5 Å². The lowest BCUT2D eigenvalue weighted by molar-refractivity contribution is -0.116. The van der Waals surface area contributed by atoms with E-state index in [1.165, 1.54) is 12.2 Å². The van der Waals surface area contributed by atoms with E-state index in [1.807, 2.05) is 60.7 Å². The summed E-state index contributed by atoms with van der Waals surface area (Å²) in [7, 11) is 0. The second kappa shape index (κ2) is 22.1. The first kappa shape index (κ1) is 46.0. The molecule has 0 saturated carbocycles. The van der Waals surface area contributed by atoms with Crippen molar-refractivity contribution in [1.29, 1.82) is 0 Å². The Balaban J connectivity index is 0.934. The predicted molar refractivity (Wildman–Crippen MR) is 252 cm³/mol. The number of nitrogens with zero attached hydrogens (tertiary/aromatic N) is 2. The monoisotopic (exact) mass is 886 g/mol. The lowest BCUT2D eigenvalue weighted by Gasteiger charge is -2.35. The smallest absolute Gasteiger partial charge is 0.338 e. The Morgan fingerprint density at radius 3 is 1.48 bits per heavy atom. The molecule has 7 rings (SSSR count). The zero-order chi connectivity index (χ0) is 46.4. The quantitative estimate of drug-likeness (QED) is 0.0316. The number of piperazine rings is 1. The van der Waals surface area contributed by atoms with Crippen molar-refractivity contribution >= 4 is 51.1 Å². The fourth-order valence-electron chi connectivity index (χ4n) is 7.46. The molecular weight excluding hydrogens is 837 g/mol. The Bertz CT molecular complexity index is 2580. The zero-order valence-corrected chi connectivity index (χ0v) is 36.5. The first-order chi connectivity index (χ1) is 32.1. The van der Waals surface area contributed by atoms with E-state index in [0.717, 1.165) is 21.5 Å². The van der Waals surface area contributed by atoms with Crippen LogP contribution in [0.25, 0.3) is 21.5 Å². The second-order valence-electron chi connectivity index (χ2n) is 15.7. The first-order valence-corrected chi connectivity index (χ1v) is 21.6. The maximum absolute atomic E-state index is 14.0. The maximum Gasteiger partial charge on any atom is 0.338 e. The fraction of sp³-hybridized carbons (Fsp3) is 0.204. The normalized spacial score (nSPS) is 13.2. The van der Waals surface area contributed by atoms with Crippen LogP contribution in [0.2, 0.25) is 0 Å². The Morgan fingerprint density at radius 2 is 0.985 bits per heavy atom. The number of ketones is 1. The van der Waals surface area contributed by atoms with Crippen LogP contribution in [0.15, 0.2) is 171 Å². The van der Waals surface area contributed by atoms with E-state index in [9.17, 15) is 24.0 Å². The molecule has 66 heavy (non-hydrogen) atoms. The number of esters is 2. The average Bonchev–Trinajstić information content (AvgIpc) is 3.36. The van der Waals surface area contributed by atoms with E-state index in [0.29, 0.717) is 33.8 Å². The average molecular weight is 887 g/mol. The second-order valence-corrected chi connectivity index (χ2v) is 15.7. The van der Waals surface area contributed by atoms with Crippen LogP contribution in [0.4, 0.5) is 0 Å². The van der Waals surface area contributed by atoms with Crippen LogP contribution >= 0.6 is 0 Å². The van der Waals surface area contributed by atoms with Gasteiger partial charge in [0, 0.05) is 38.5 Å². The number of carbonyl (C=O) groups excluding carboxylic acids is 5. The van der Waals surface area contributed by atoms with Gasteiger partial charge in [0.2, 0.25) is 0 Å². The van der Waals surface area contributed by atoms with Gasteiger partial charge in [-0.25, -0.2) is 9.59 Å². The van der Waals surface area contributed by atoms with Crippen molar-refractivity contribution in [3.8, 4) is 11.5 Å². The van der Waals surface area contributed by atoms with Crippen LogP contribution in [0.3, 0.4) is 0 Å². The third-order valence-electron chi connectivity index (χ3n) is 11.1. The number of carbonyl (C=O) groups is 5. The van der Waals surface area contributed by atoms with E-state index in [2.05, 4.69) is 19.7 Å². The van der Waals surface area contributed by atoms with Gasteiger partial charge in [0.15, 0.2) is 11.9 Å². The first-order valence-electron chi connectivity index (χ1n) is 21.6. The minimum Gasteiger partial charge on any atom is -0.492 e. The summed E-state index contributed by atoms with van der Waals surface area (Å²) in [6, 6.07) is 39.7. The van der Waals surface area contributed by atoms with E-state index < -0.39 is 24.0 Å². The number of allylic oxidation sites excluding steroid dienone is 2. The molecule has 0 aromatic heterocycles. The summed E-state index contributed by atoms with van der Waals surface area (Å²) in [5.41, 5.74) is 1.41. The minimum atomic E-state index is -0.774. The van der Waals surface area contributed by atoms with Crippen molar-refractivity contribution in [1.82, 2.24) is 9.80 Å². The van der Waals surface area contributed by atoms with Crippen molar-refractivity contribution in [2.24, 2.45) is 5.92 Å². The van der Waals surface area contributed by atoms with Gasteiger partial charge in [0.1, 0.15) is 30.5 Å². The van der Waals surface area contributed by atoms with Gasteiger partial charge in [-0.05, 0) is 82.2 Å². The van der Waals surface area contributed by atoms with E-state index >= 15 is 0 Å². The molecule has 12 heteroatoms. The third kappa shape index (κ3) is 11.8. The predicted octanol–water partition coefficient (Wildman–Crippen LogP) is 8.91. The molecule has 2 atom stereocenters. The molecule has 1 aliphatic rings. The summed E-state index contributed by atoms with van der Waals surface area (Å²) in [5.74, 6) is -1.49. The van der Waals surface area contributed by atoms with Gasteiger partial charge in [0.25, 0.3) is 11.8 Å². The van der Waals surface area contributed by atoms with Crippen LogP contribution in [0, 0.1) is 5.92 Å². The third-order valence-corrected chi connectivity index (χ3v) is 11.1. The molecule has 12 nitrogen and oxygen atoms in total. The maximum atomic E-state index is 14.0. The largest absolute Gasteiger partial charge is 0.492 e. The molecule has 1 fully saturated rings. The number of ether oxygens (including phenoxy) is 5. The molecule has 1 saturated heterocycles. The lowest BCUT2D eigenvalue weighted by atomic mass is 10.0. The molecule has 1 heterocycles. The highest BCUT2D eigenvalue weighted by atomic mass is 16.6. The number of para-hydroxylation sites is 2. The highest BCUT2D eigenvalue weighted by Crippen LogP contribution is 2.26. The fourth-order valence-corrected chi connectivity index (χ4v) is 7.46. The SMILES string of the molecule is C=CC(=C)OC(COC(=O)c1ccc2ccccc2c1)COc1ccccc1C(=O)N1CCN(C(=O)c2ccccc2OCC(COC(=O)c2ccc3ccccc3c2)CC(=O)C=C)CC1. The van der Waals surface area contributed by atoms with Gasteiger partial charge in [-0.2, -0.15) is 0 Å². The standard InChI is InChI=1S/C54H50N2O10/c1-4-37(3)66-46(36-65-54(61)44-25-23-40-15-7-9-17-42(40)32-44)35-63-50-21-13-11-19-48(50)52(59)56-28-26-55(27-29-56)51(58)47-18-10-12-20-49(47)62-33-38(30-45(57)5-2)34-64-53(60)43-24-22-39-14-6-8-16-41(39)31-43/h4-25,31-32,38,46H,1-3,26-30,33-36H2. The number of rotatable bonds is 20. The summed E-state index contributed by atoms with van der Waals surface area (Å²) < 4.78 is 29.5. The number of fused-ring (bicyclic) bond motifs is 2. The van der Waals surface area contributed by atoms with Crippen molar-refractivity contribution in [2.75, 3.05) is 52.6 Å². The van der Waals surface area contributed by atoms with Gasteiger partial charge < -0.3 is 33.5 Å². The molecule has 0 aliphatic carbocycles. The number of benzene rings is 6. The topological polar surface area (TPSA) is 138 Å². The minimum absolute atomic E-state index is 0.00895. The Hall–Kier alpha value is -7.99. The van der Waals surface area contributed by atoms with E-state index in [4.69, 9.17) is 23.7 Å². The Morgan fingerprint density at radius 1 is 0.530 bits per heavy atom. The highest BCUT2D eigenvalue weighted by Gasteiger charge is 2.29. The summed E-state index contributed by atoms with van der Waals surface area (Å²) in [5, 5.41) is 3.80. The molecule has 1 aliphatic heterocycles. The Kier molecular flexibility index (Phi) is 15.4. The number of hydrogen-bond acceptors (Lipinski definition) is 10. The molecule has 0 bridgehead atoms. The van der Waals surface area contributed by atoms with Crippen molar-refractivity contribution < 1.29 is 47.7 Å². The zero-order valence-electron chi connectivity index (χ0n) is 36.5. The van der Waals surface area contributed by atoms with Gasteiger partial charge >= 0.3 is 11.9 Å². The summed E-state index contributed by atoms with van der Waals surface area (Å²) in [6.07, 6.45) is 1.90. The van der Waals surface area contributed by atoms with Gasteiger partial charge in [-0.1, -0.05) is 105 Å². The molecule has 2 amide bonds. The molecule has 6 aromatic rings. The van der Waals surface area contributed by atoms with Crippen molar-refractivity contribution in [3.05, 3.63) is 193 Å².